The number of piperazine rings is 1. The Morgan fingerprint density at radius 3 is 2.38 bits per heavy atom. The van der Waals surface area contributed by atoms with Gasteiger partial charge < -0.3 is 15.1 Å². The molecule has 1 N–H and O–H groups in total. The molecule has 164 valence electrons. The van der Waals surface area contributed by atoms with Crippen molar-refractivity contribution in [3.05, 3.63) is 18.5 Å². The summed E-state index contributed by atoms with van der Waals surface area (Å²) in [4.78, 5) is 23.7. The summed E-state index contributed by atoms with van der Waals surface area (Å²) in [5.41, 5.74) is 0. The zero-order chi connectivity index (χ0) is 19.9. The highest BCUT2D eigenvalue weighted by molar-refractivity contribution is 14.0. The Labute approximate surface area is 191 Å². The van der Waals surface area contributed by atoms with E-state index >= 15 is 0 Å². The SMILES string of the molecule is CN=C(NCC(C)Cn1cccn1)N1CCN(C(C)C(=O)N2CCCC2)CC1.I. The second-order valence-corrected chi connectivity index (χ2v) is 7.99. The van der Waals surface area contributed by atoms with Crippen LogP contribution >= 0.6 is 24.0 Å². The third kappa shape index (κ3) is 6.56. The van der Waals surface area contributed by atoms with Gasteiger partial charge in [-0.2, -0.15) is 5.10 Å². The molecule has 2 saturated heterocycles. The average molecular weight is 517 g/mol. The topological polar surface area (TPSA) is 69.0 Å². The van der Waals surface area contributed by atoms with Crippen molar-refractivity contribution in [3.63, 3.8) is 0 Å². The molecule has 0 spiro atoms. The highest BCUT2D eigenvalue weighted by Crippen LogP contribution is 2.14. The Kier molecular flexibility index (Phi) is 9.67. The molecule has 2 aliphatic heterocycles. The number of guanidine groups is 1. The molecule has 29 heavy (non-hydrogen) atoms. The smallest absolute Gasteiger partial charge is 0.239 e. The Morgan fingerprint density at radius 2 is 1.79 bits per heavy atom. The number of likely N-dealkylation sites (tertiary alicyclic amines) is 1. The fourth-order valence-corrected chi connectivity index (χ4v) is 4.07. The minimum Gasteiger partial charge on any atom is -0.356 e. The highest BCUT2D eigenvalue weighted by Gasteiger charge is 2.30. The van der Waals surface area contributed by atoms with Crippen LogP contribution in [0.25, 0.3) is 0 Å². The van der Waals surface area contributed by atoms with Crippen LogP contribution in [0, 0.1) is 5.92 Å². The zero-order valence-electron chi connectivity index (χ0n) is 18.0. The van der Waals surface area contributed by atoms with E-state index < -0.39 is 0 Å². The number of aliphatic imine (C=N–C) groups is 1. The van der Waals surface area contributed by atoms with E-state index in [1.165, 1.54) is 0 Å². The van der Waals surface area contributed by atoms with Crippen molar-refractivity contribution in [2.75, 3.05) is 52.9 Å². The maximum absolute atomic E-state index is 12.7. The van der Waals surface area contributed by atoms with Crippen LogP contribution in [-0.4, -0.2) is 95.2 Å². The molecule has 2 fully saturated rings. The molecule has 1 aromatic heterocycles. The number of carbonyl (C=O) groups excluding carboxylic acids is 1. The van der Waals surface area contributed by atoms with Gasteiger partial charge in [0.25, 0.3) is 0 Å². The van der Waals surface area contributed by atoms with Crippen molar-refractivity contribution in [2.24, 2.45) is 10.9 Å². The molecule has 0 radical (unpaired) electrons. The summed E-state index contributed by atoms with van der Waals surface area (Å²) in [5, 5.41) is 7.78. The van der Waals surface area contributed by atoms with E-state index in [0.717, 1.165) is 71.2 Å². The zero-order valence-corrected chi connectivity index (χ0v) is 20.3. The van der Waals surface area contributed by atoms with Crippen LogP contribution in [0.3, 0.4) is 0 Å². The van der Waals surface area contributed by atoms with E-state index in [1.54, 1.807) is 0 Å². The first-order valence-electron chi connectivity index (χ1n) is 10.5. The summed E-state index contributed by atoms with van der Waals surface area (Å²) in [6.07, 6.45) is 6.10. The van der Waals surface area contributed by atoms with Crippen LogP contribution in [0.1, 0.15) is 26.7 Å². The highest BCUT2D eigenvalue weighted by atomic mass is 127. The summed E-state index contributed by atoms with van der Waals surface area (Å²) < 4.78 is 1.96. The first kappa shape index (κ1) is 23.9. The number of hydrogen-bond acceptors (Lipinski definition) is 4. The van der Waals surface area contributed by atoms with Crippen LogP contribution in [0.15, 0.2) is 23.5 Å². The molecule has 0 aromatic carbocycles. The van der Waals surface area contributed by atoms with Crippen molar-refractivity contribution in [3.8, 4) is 0 Å². The lowest BCUT2D eigenvalue weighted by atomic mass is 10.2. The van der Waals surface area contributed by atoms with Crippen molar-refractivity contribution in [2.45, 2.75) is 39.3 Å². The van der Waals surface area contributed by atoms with Gasteiger partial charge in [-0.15, -0.1) is 24.0 Å². The Hall–Kier alpha value is -1.36. The maximum atomic E-state index is 12.7. The molecular formula is C20H36IN7O. The lowest BCUT2D eigenvalue weighted by Gasteiger charge is -2.39. The molecule has 2 unspecified atom stereocenters. The van der Waals surface area contributed by atoms with E-state index in [9.17, 15) is 4.79 Å². The Bertz CT molecular complexity index is 637. The van der Waals surface area contributed by atoms with Gasteiger partial charge in [-0.1, -0.05) is 6.92 Å². The molecule has 1 amide bonds. The van der Waals surface area contributed by atoms with Gasteiger partial charge in [0.2, 0.25) is 5.91 Å². The number of aromatic nitrogens is 2. The standard InChI is InChI=1S/C20H35N7O.HI/c1-17(16-27-10-6-7-23-27)15-22-20(21-3)26-13-11-24(12-14-26)18(2)19(28)25-8-4-5-9-25;/h6-7,10,17-18H,4-5,8-9,11-16H2,1-3H3,(H,21,22);1H. The molecule has 2 aliphatic rings. The van der Waals surface area contributed by atoms with Gasteiger partial charge in [-0.25, -0.2) is 0 Å². The Balaban J connectivity index is 0.00000300. The Morgan fingerprint density at radius 1 is 1.10 bits per heavy atom. The van der Waals surface area contributed by atoms with Gasteiger partial charge in [0.05, 0.1) is 6.04 Å². The largest absolute Gasteiger partial charge is 0.356 e. The molecule has 2 atom stereocenters. The van der Waals surface area contributed by atoms with Crippen LogP contribution in [0.4, 0.5) is 0 Å². The van der Waals surface area contributed by atoms with Crippen LogP contribution in [0.5, 0.6) is 0 Å². The maximum Gasteiger partial charge on any atom is 0.239 e. The van der Waals surface area contributed by atoms with Gasteiger partial charge in [0.1, 0.15) is 0 Å². The van der Waals surface area contributed by atoms with Gasteiger partial charge in [-0.3, -0.25) is 19.4 Å². The number of hydrogen-bond donors (Lipinski definition) is 1. The number of carbonyl (C=O) groups is 1. The monoisotopic (exact) mass is 517 g/mol. The molecule has 3 heterocycles. The van der Waals surface area contributed by atoms with Gasteiger partial charge in [0.15, 0.2) is 5.96 Å². The second kappa shape index (κ2) is 11.7. The summed E-state index contributed by atoms with van der Waals surface area (Å²) in [6, 6.07) is 1.93. The van der Waals surface area contributed by atoms with Crippen LogP contribution in [-0.2, 0) is 11.3 Å². The van der Waals surface area contributed by atoms with Gasteiger partial charge in [0, 0.05) is 71.8 Å². The van der Waals surface area contributed by atoms with E-state index in [1.807, 2.05) is 35.1 Å². The average Bonchev–Trinajstić information content (AvgIpc) is 3.42. The third-order valence-corrected chi connectivity index (χ3v) is 5.82. The first-order chi connectivity index (χ1) is 13.6. The van der Waals surface area contributed by atoms with Gasteiger partial charge in [-0.05, 0) is 31.7 Å². The summed E-state index contributed by atoms with van der Waals surface area (Å²) >= 11 is 0. The number of halogens is 1. The van der Waals surface area contributed by atoms with Crippen molar-refractivity contribution in [1.29, 1.82) is 0 Å². The van der Waals surface area contributed by atoms with Crippen molar-refractivity contribution in [1.82, 2.24) is 29.8 Å². The number of amides is 1. The quantitative estimate of drug-likeness (QED) is 0.351. The lowest BCUT2D eigenvalue weighted by molar-refractivity contribution is -0.135. The normalized spacial score (nSPS) is 20.3. The molecule has 0 saturated carbocycles. The fourth-order valence-electron chi connectivity index (χ4n) is 4.07. The van der Waals surface area contributed by atoms with E-state index in [4.69, 9.17) is 0 Å². The summed E-state index contributed by atoms with van der Waals surface area (Å²) in [6.45, 7) is 11.4. The fraction of sp³-hybridized carbons (Fsp3) is 0.750. The van der Waals surface area contributed by atoms with Crippen LogP contribution < -0.4 is 5.32 Å². The number of nitrogens with zero attached hydrogens (tertiary/aromatic N) is 6. The number of nitrogens with one attached hydrogen (secondary N) is 1. The predicted molar refractivity (Wildman–Crippen MR) is 127 cm³/mol. The minimum absolute atomic E-state index is 0. The molecule has 3 rings (SSSR count). The second-order valence-electron chi connectivity index (χ2n) is 7.99. The third-order valence-electron chi connectivity index (χ3n) is 5.82. The lowest BCUT2D eigenvalue weighted by Crippen LogP contribution is -2.57. The summed E-state index contributed by atoms with van der Waals surface area (Å²) in [7, 11) is 1.84. The molecule has 1 aromatic rings. The molecular weight excluding hydrogens is 481 g/mol. The number of rotatable bonds is 6. The van der Waals surface area contributed by atoms with Crippen molar-refractivity contribution >= 4 is 35.8 Å². The first-order valence-corrected chi connectivity index (χ1v) is 10.5. The van der Waals surface area contributed by atoms with E-state index in [0.29, 0.717) is 11.8 Å². The minimum atomic E-state index is -0.0238. The van der Waals surface area contributed by atoms with Crippen LogP contribution in [0.2, 0.25) is 0 Å². The van der Waals surface area contributed by atoms with Crippen molar-refractivity contribution < 1.29 is 4.79 Å². The predicted octanol–water partition coefficient (Wildman–Crippen LogP) is 1.34. The summed E-state index contributed by atoms with van der Waals surface area (Å²) in [5.74, 6) is 1.70. The molecule has 8 nitrogen and oxygen atoms in total. The molecule has 9 heteroatoms. The molecule has 0 aliphatic carbocycles. The van der Waals surface area contributed by atoms with E-state index in [2.05, 4.69) is 39.1 Å². The van der Waals surface area contributed by atoms with E-state index in [-0.39, 0.29) is 30.0 Å². The molecule has 0 bridgehead atoms. The van der Waals surface area contributed by atoms with Gasteiger partial charge >= 0.3 is 0 Å².